The lowest BCUT2D eigenvalue weighted by atomic mass is 10.1. The second-order valence-electron chi connectivity index (χ2n) is 5.39. The highest BCUT2D eigenvalue weighted by atomic mass is 19.1. The molecule has 2 heterocycles. The van der Waals surface area contributed by atoms with Crippen LogP contribution in [-0.2, 0) is 0 Å². The second kappa shape index (κ2) is 4.84. The van der Waals surface area contributed by atoms with E-state index in [0.29, 0.717) is 34.1 Å². The number of hydrogen-bond donors (Lipinski definition) is 1. The molecule has 3 rings (SSSR count). The summed E-state index contributed by atoms with van der Waals surface area (Å²) in [5.41, 5.74) is 8.00. The molecule has 2 aromatic heterocycles. The summed E-state index contributed by atoms with van der Waals surface area (Å²) in [6.45, 7) is 5.85. The van der Waals surface area contributed by atoms with Gasteiger partial charge in [-0.15, -0.1) is 0 Å². The fourth-order valence-corrected chi connectivity index (χ4v) is 2.18. The molecule has 0 fully saturated rings. The summed E-state index contributed by atoms with van der Waals surface area (Å²) < 4.78 is 19.0. The van der Waals surface area contributed by atoms with Gasteiger partial charge in [0.15, 0.2) is 5.76 Å². The summed E-state index contributed by atoms with van der Waals surface area (Å²) in [5.74, 6) is 1.55. The summed E-state index contributed by atoms with van der Waals surface area (Å²) in [5, 5.41) is 0.702. The summed E-state index contributed by atoms with van der Waals surface area (Å²) >= 11 is 0. The van der Waals surface area contributed by atoms with Gasteiger partial charge in [0.2, 0.25) is 0 Å². The van der Waals surface area contributed by atoms with Crippen molar-refractivity contribution in [3.8, 4) is 11.5 Å². The minimum Gasteiger partial charge on any atom is -0.454 e. The monoisotopic (exact) mass is 285 g/mol. The predicted octanol–water partition coefficient (Wildman–Crippen LogP) is 4.04. The number of benzene rings is 1. The molecular weight excluding hydrogens is 269 g/mol. The minimum absolute atomic E-state index is 0.161. The van der Waals surface area contributed by atoms with E-state index in [-0.39, 0.29) is 11.7 Å². The fourth-order valence-electron chi connectivity index (χ4n) is 2.18. The Bertz CT molecular complexity index is 824. The zero-order valence-electron chi connectivity index (χ0n) is 12.1. The van der Waals surface area contributed by atoms with Gasteiger partial charge >= 0.3 is 0 Å². The smallest absolute Gasteiger partial charge is 0.154 e. The Morgan fingerprint density at radius 2 is 1.95 bits per heavy atom. The van der Waals surface area contributed by atoms with E-state index in [1.807, 2.05) is 20.8 Å². The number of rotatable bonds is 2. The number of halogens is 1. The highest BCUT2D eigenvalue weighted by Crippen LogP contribution is 2.31. The van der Waals surface area contributed by atoms with Crippen LogP contribution in [0, 0.1) is 12.7 Å². The number of furan rings is 1. The lowest BCUT2D eigenvalue weighted by Gasteiger charge is -2.10. The van der Waals surface area contributed by atoms with E-state index in [9.17, 15) is 4.39 Å². The molecule has 0 radical (unpaired) electrons. The van der Waals surface area contributed by atoms with Crippen LogP contribution in [0.15, 0.2) is 28.7 Å². The molecule has 0 spiro atoms. The predicted molar refractivity (Wildman–Crippen MR) is 80.4 cm³/mol. The number of nitrogen functional groups attached to an aromatic ring is 1. The van der Waals surface area contributed by atoms with Crippen LogP contribution in [0.4, 0.5) is 10.2 Å². The third kappa shape index (κ3) is 2.35. The number of nitrogens with zero attached hydrogens (tertiary/aromatic N) is 2. The van der Waals surface area contributed by atoms with Gasteiger partial charge in [0.05, 0.1) is 0 Å². The third-order valence-electron chi connectivity index (χ3n) is 3.43. The zero-order valence-corrected chi connectivity index (χ0v) is 12.1. The first kappa shape index (κ1) is 13.5. The lowest BCUT2D eigenvalue weighted by molar-refractivity contribution is 0.616. The number of fused-ring (bicyclic) bond motifs is 1. The van der Waals surface area contributed by atoms with Crippen molar-refractivity contribution in [2.75, 3.05) is 5.73 Å². The fraction of sp³-hybridized carbons (Fsp3) is 0.250. The molecule has 0 unspecified atom stereocenters. The van der Waals surface area contributed by atoms with Gasteiger partial charge in [-0.1, -0.05) is 13.8 Å². The standard InChI is InChI=1S/C16H16FN3O/c1-8(2)16-19-14(9(3)15(18)20-16)13-7-10-6-11(17)4-5-12(10)21-13/h4-8H,1-3H3,(H2,18,19,20). The first-order valence-electron chi connectivity index (χ1n) is 6.79. The van der Waals surface area contributed by atoms with Crippen LogP contribution < -0.4 is 5.73 Å². The van der Waals surface area contributed by atoms with Crippen LogP contribution in [0.5, 0.6) is 0 Å². The van der Waals surface area contributed by atoms with Crippen LogP contribution in [0.1, 0.15) is 31.2 Å². The Hall–Kier alpha value is -2.43. The van der Waals surface area contributed by atoms with Crippen molar-refractivity contribution in [3.63, 3.8) is 0 Å². The van der Waals surface area contributed by atoms with Crippen molar-refractivity contribution in [2.45, 2.75) is 26.7 Å². The highest BCUT2D eigenvalue weighted by Gasteiger charge is 2.16. The molecule has 5 heteroatoms. The van der Waals surface area contributed by atoms with Crippen LogP contribution in [0.2, 0.25) is 0 Å². The highest BCUT2D eigenvalue weighted by molar-refractivity contribution is 5.83. The Labute approximate surface area is 121 Å². The average molecular weight is 285 g/mol. The lowest BCUT2D eigenvalue weighted by Crippen LogP contribution is -2.05. The molecule has 1 aromatic carbocycles. The molecule has 0 saturated heterocycles. The number of aromatic nitrogens is 2. The molecule has 0 amide bonds. The topological polar surface area (TPSA) is 64.9 Å². The summed E-state index contributed by atoms with van der Waals surface area (Å²) in [6.07, 6.45) is 0. The van der Waals surface area contributed by atoms with E-state index in [4.69, 9.17) is 10.2 Å². The van der Waals surface area contributed by atoms with Crippen LogP contribution in [-0.4, -0.2) is 9.97 Å². The SMILES string of the molecule is Cc1c(N)nc(C(C)C)nc1-c1cc2cc(F)ccc2o1. The summed E-state index contributed by atoms with van der Waals surface area (Å²) in [4.78, 5) is 8.83. The van der Waals surface area contributed by atoms with E-state index in [2.05, 4.69) is 9.97 Å². The molecule has 0 bridgehead atoms. The van der Waals surface area contributed by atoms with Gasteiger partial charge in [0.25, 0.3) is 0 Å². The van der Waals surface area contributed by atoms with E-state index in [0.717, 1.165) is 5.56 Å². The average Bonchev–Trinajstić information content (AvgIpc) is 2.84. The molecule has 0 aliphatic carbocycles. The quantitative estimate of drug-likeness (QED) is 0.771. The largest absolute Gasteiger partial charge is 0.454 e. The molecule has 3 aromatic rings. The Balaban J connectivity index is 2.21. The van der Waals surface area contributed by atoms with Crippen molar-refractivity contribution in [1.82, 2.24) is 9.97 Å². The molecular formula is C16H16FN3O. The number of hydrogen-bond acceptors (Lipinski definition) is 4. The molecule has 0 aliphatic heterocycles. The molecule has 0 aliphatic rings. The number of anilines is 1. The first-order valence-corrected chi connectivity index (χ1v) is 6.79. The first-order chi connectivity index (χ1) is 9.95. The van der Waals surface area contributed by atoms with E-state index >= 15 is 0 Å². The number of nitrogens with two attached hydrogens (primary N) is 1. The van der Waals surface area contributed by atoms with Gasteiger partial charge in [-0.3, -0.25) is 0 Å². The maximum atomic E-state index is 13.3. The van der Waals surface area contributed by atoms with Crippen molar-refractivity contribution in [3.05, 3.63) is 41.5 Å². The molecule has 0 atom stereocenters. The molecule has 2 N–H and O–H groups in total. The van der Waals surface area contributed by atoms with Gasteiger partial charge in [0, 0.05) is 16.9 Å². The summed E-state index contributed by atoms with van der Waals surface area (Å²) in [7, 11) is 0. The molecule has 21 heavy (non-hydrogen) atoms. The van der Waals surface area contributed by atoms with Crippen LogP contribution >= 0.6 is 0 Å². The second-order valence-corrected chi connectivity index (χ2v) is 5.39. The maximum Gasteiger partial charge on any atom is 0.154 e. The normalized spacial score (nSPS) is 11.5. The van der Waals surface area contributed by atoms with Crippen LogP contribution in [0.3, 0.4) is 0 Å². The van der Waals surface area contributed by atoms with Crippen molar-refractivity contribution >= 4 is 16.8 Å². The van der Waals surface area contributed by atoms with Crippen molar-refractivity contribution in [2.24, 2.45) is 0 Å². The van der Waals surface area contributed by atoms with Crippen LogP contribution in [0.25, 0.3) is 22.4 Å². The zero-order chi connectivity index (χ0) is 15.1. The summed E-state index contributed by atoms with van der Waals surface area (Å²) in [6, 6.07) is 6.19. The van der Waals surface area contributed by atoms with Gasteiger partial charge < -0.3 is 10.2 Å². The Morgan fingerprint density at radius 1 is 1.19 bits per heavy atom. The maximum absolute atomic E-state index is 13.3. The minimum atomic E-state index is -0.295. The molecule has 0 saturated carbocycles. The van der Waals surface area contributed by atoms with Gasteiger partial charge in [0.1, 0.15) is 28.7 Å². The van der Waals surface area contributed by atoms with Gasteiger partial charge in [-0.2, -0.15) is 0 Å². The van der Waals surface area contributed by atoms with Crippen molar-refractivity contribution < 1.29 is 8.81 Å². The Morgan fingerprint density at radius 3 is 2.67 bits per heavy atom. The molecule has 4 nitrogen and oxygen atoms in total. The van der Waals surface area contributed by atoms with E-state index in [1.165, 1.54) is 12.1 Å². The van der Waals surface area contributed by atoms with E-state index < -0.39 is 0 Å². The van der Waals surface area contributed by atoms with E-state index in [1.54, 1.807) is 12.1 Å². The van der Waals surface area contributed by atoms with Gasteiger partial charge in [-0.05, 0) is 31.2 Å². The third-order valence-corrected chi connectivity index (χ3v) is 3.43. The Kier molecular flexibility index (Phi) is 3.12. The molecule has 108 valence electrons. The van der Waals surface area contributed by atoms with Crippen molar-refractivity contribution in [1.29, 1.82) is 0 Å². The van der Waals surface area contributed by atoms with Gasteiger partial charge in [-0.25, -0.2) is 14.4 Å².